The summed E-state index contributed by atoms with van der Waals surface area (Å²) in [5.41, 5.74) is 11.1. The van der Waals surface area contributed by atoms with Crippen molar-refractivity contribution in [1.29, 1.82) is 0 Å². The Kier molecular flexibility index (Phi) is 7.32. The molecule has 0 saturated carbocycles. The standard InChI is InChI=1S/C46H28N6O/c1-2-20-40-39(19-1)49-46(53-40)32-23-21-31(22-24-32)43-50-44(35-13-3-11-33(27-35)37-17-5-9-29-15-7-25-47-41(29)37)52-45(51-43)36-14-4-12-34(28-36)38-18-6-10-30-16-8-26-48-42(30)38/h1-28H. The van der Waals surface area contributed by atoms with Crippen molar-refractivity contribution in [1.82, 2.24) is 29.9 Å². The molecule has 0 amide bonds. The van der Waals surface area contributed by atoms with E-state index in [0.717, 1.165) is 77.4 Å². The Morgan fingerprint density at radius 1 is 0.358 bits per heavy atom. The Balaban J connectivity index is 1.10. The van der Waals surface area contributed by atoms with Gasteiger partial charge in [0, 0.05) is 56.5 Å². The van der Waals surface area contributed by atoms with Crippen molar-refractivity contribution in [2.24, 2.45) is 0 Å². The fraction of sp³-hybridized carbons (Fsp3) is 0. The average molecular weight is 681 g/mol. The van der Waals surface area contributed by atoms with Crippen LogP contribution >= 0.6 is 0 Å². The highest BCUT2D eigenvalue weighted by Crippen LogP contribution is 2.34. The summed E-state index contributed by atoms with van der Waals surface area (Å²) in [6, 6.07) is 53.0. The van der Waals surface area contributed by atoms with Crippen molar-refractivity contribution < 1.29 is 4.42 Å². The second-order valence-corrected chi connectivity index (χ2v) is 12.8. The molecule has 10 rings (SSSR count). The van der Waals surface area contributed by atoms with Gasteiger partial charge in [-0.1, -0.05) is 109 Å². The van der Waals surface area contributed by atoms with Crippen LogP contribution in [0.2, 0.25) is 0 Å². The van der Waals surface area contributed by atoms with Gasteiger partial charge in [-0.05, 0) is 59.7 Å². The zero-order chi connectivity index (χ0) is 35.1. The average Bonchev–Trinajstić information content (AvgIpc) is 3.68. The number of rotatable bonds is 6. The predicted molar refractivity (Wildman–Crippen MR) is 211 cm³/mol. The molecule has 7 heteroatoms. The van der Waals surface area contributed by atoms with Crippen molar-refractivity contribution >= 4 is 32.9 Å². The van der Waals surface area contributed by atoms with Gasteiger partial charge in [-0.3, -0.25) is 9.97 Å². The van der Waals surface area contributed by atoms with E-state index in [1.54, 1.807) is 0 Å². The van der Waals surface area contributed by atoms with Crippen molar-refractivity contribution in [2.75, 3.05) is 0 Å². The molecule has 0 spiro atoms. The van der Waals surface area contributed by atoms with E-state index in [0.29, 0.717) is 23.4 Å². The van der Waals surface area contributed by atoms with Gasteiger partial charge in [0.25, 0.3) is 0 Å². The number of pyridine rings is 2. The molecule has 7 nitrogen and oxygen atoms in total. The minimum atomic E-state index is 0.559. The molecule has 0 aliphatic heterocycles. The Hall–Kier alpha value is -7.38. The number of para-hydroxylation sites is 4. The highest BCUT2D eigenvalue weighted by Gasteiger charge is 2.16. The van der Waals surface area contributed by atoms with Crippen LogP contribution in [-0.4, -0.2) is 29.9 Å². The first-order chi connectivity index (χ1) is 26.2. The Bertz CT molecular complexity index is 2790. The summed E-state index contributed by atoms with van der Waals surface area (Å²) in [4.78, 5) is 29.3. The molecule has 10 aromatic rings. The smallest absolute Gasteiger partial charge is 0.227 e. The fourth-order valence-corrected chi connectivity index (χ4v) is 6.85. The molecule has 0 bridgehead atoms. The molecule has 0 aliphatic carbocycles. The van der Waals surface area contributed by atoms with Crippen LogP contribution in [0.5, 0.6) is 0 Å². The molecule has 53 heavy (non-hydrogen) atoms. The Morgan fingerprint density at radius 2 is 0.849 bits per heavy atom. The second-order valence-electron chi connectivity index (χ2n) is 12.8. The van der Waals surface area contributed by atoms with Gasteiger partial charge in [0.15, 0.2) is 23.1 Å². The minimum absolute atomic E-state index is 0.559. The number of fused-ring (bicyclic) bond motifs is 3. The summed E-state index contributed by atoms with van der Waals surface area (Å²) >= 11 is 0. The summed E-state index contributed by atoms with van der Waals surface area (Å²) in [7, 11) is 0. The molecule has 4 heterocycles. The first-order valence-electron chi connectivity index (χ1n) is 17.4. The summed E-state index contributed by atoms with van der Waals surface area (Å²) < 4.78 is 6.04. The number of aromatic nitrogens is 6. The van der Waals surface area contributed by atoms with E-state index in [-0.39, 0.29) is 0 Å². The zero-order valence-electron chi connectivity index (χ0n) is 28.3. The van der Waals surface area contributed by atoms with E-state index in [2.05, 4.69) is 77.8 Å². The van der Waals surface area contributed by atoms with Crippen LogP contribution < -0.4 is 0 Å². The van der Waals surface area contributed by atoms with Crippen molar-refractivity contribution in [3.8, 4) is 67.9 Å². The van der Waals surface area contributed by atoms with Crippen LogP contribution in [0.15, 0.2) is 175 Å². The monoisotopic (exact) mass is 680 g/mol. The summed E-state index contributed by atoms with van der Waals surface area (Å²) in [5, 5.41) is 2.17. The van der Waals surface area contributed by atoms with Gasteiger partial charge in [0.1, 0.15) is 5.52 Å². The van der Waals surface area contributed by atoms with E-state index >= 15 is 0 Å². The minimum Gasteiger partial charge on any atom is -0.436 e. The van der Waals surface area contributed by atoms with E-state index in [4.69, 9.17) is 29.3 Å². The zero-order valence-corrected chi connectivity index (χ0v) is 28.3. The molecule has 0 atom stereocenters. The third kappa shape index (κ3) is 5.66. The quantitative estimate of drug-likeness (QED) is 0.173. The normalized spacial score (nSPS) is 11.4. The lowest BCUT2D eigenvalue weighted by molar-refractivity contribution is 0.620. The van der Waals surface area contributed by atoms with E-state index in [9.17, 15) is 0 Å². The lowest BCUT2D eigenvalue weighted by Gasteiger charge is -2.12. The highest BCUT2D eigenvalue weighted by atomic mass is 16.3. The SMILES string of the molecule is c1cc(-c2nc(-c3ccc(-c4nc5ccccc5o4)cc3)nc(-c3cccc(-c4cccc5cccnc45)c3)n2)cc(-c2cccc3cccnc23)c1. The lowest BCUT2D eigenvalue weighted by Crippen LogP contribution is -2.00. The van der Waals surface area contributed by atoms with Crippen LogP contribution in [0.3, 0.4) is 0 Å². The largest absolute Gasteiger partial charge is 0.436 e. The molecule has 0 unspecified atom stereocenters. The molecule has 0 N–H and O–H groups in total. The highest BCUT2D eigenvalue weighted by molar-refractivity contribution is 5.95. The second kappa shape index (κ2) is 12.7. The van der Waals surface area contributed by atoms with E-state index in [1.165, 1.54) is 0 Å². The van der Waals surface area contributed by atoms with Crippen LogP contribution in [0, 0.1) is 0 Å². The Labute approximate surface area is 304 Å². The Morgan fingerprint density at radius 3 is 1.43 bits per heavy atom. The number of oxazole rings is 1. The number of hydrogen-bond acceptors (Lipinski definition) is 7. The topological polar surface area (TPSA) is 90.5 Å². The molecule has 0 fully saturated rings. The molecule has 0 saturated heterocycles. The third-order valence-corrected chi connectivity index (χ3v) is 9.45. The molecule has 0 aliphatic rings. The van der Waals surface area contributed by atoms with Gasteiger partial charge < -0.3 is 4.42 Å². The maximum atomic E-state index is 6.04. The summed E-state index contributed by atoms with van der Waals surface area (Å²) in [6.07, 6.45) is 3.66. The molecule has 4 aromatic heterocycles. The first kappa shape index (κ1) is 30.4. The van der Waals surface area contributed by atoms with Gasteiger partial charge in [-0.15, -0.1) is 0 Å². The number of hydrogen-bond donors (Lipinski definition) is 0. The number of benzene rings is 6. The summed E-state index contributed by atoms with van der Waals surface area (Å²) in [5.74, 6) is 2.26. The number of nitrogens with zero attached hydrogens (tertiary/aromatic N) is 6. The van der Waals surface area contributed by atoms with Gasteiger partial charge >= 0.3 is 0 Å². The first-order valence-corrected chi connectivity index (χ1v) is 17.4. The lowest BCUT2D eigenvalue weighted by atomic mass is 9.99. The third-order valence-electron chi connectivity index (χ3n) is 9.45. The van der Waals surface area contributed by atoms with Gasteiger partial charge in [-0.2, -0.15) is 0 Å². The van der Waals surface area contributed by atoms with Crippen LogP contribution in [0.25, 0.3) is 101 Å². The summed E-state index contributed by atoms with van der Waals surface area (Å²) in [6.45, 7) is 0. The van der Waals surface area contributed by atoms with Crippen LogP contribution in [-0.2, 0) is 0 Å². The maximum absolute atomic E-state index is 6.04. The molecule has 248 valence electrons. The molecular formula is C46H28N6O. The van der Waals surface area contributed by atoms with Crippen molar-refractivity contribution in [2.45, 2.75) is 0 Å². The van der Waals surface area contributed by atoms with Gasteiger partial charge in [0.2, 0.25) is 5.89 Å². The van der Waals surface area contributed by atoms with Crippen molar-refractivity contribution in [3.63, 3.8) is 0 Å². The molecule has 0 radical (unpaired) electrons. The van der Waals surface area contributed by atoms with E-state index in [1.807, 2.05) is 97.3 Å². The van der Waals surface area contributed by atoms with Crippen LogP contribution in [0.1, 0.15) is 0 Å². The fourth-order valence-electron chi connectivity index (χ4n) is 6.85. The molecule has 6 aromatic carbocycles. The predicted octanol–water partition coefficient (Wildman–Crippen LogP) is 11.1. The molecular weight excluding hydrogens is 653 g/mol. The van der Waals surface area contributed by atoms with Crippen molar-refractivity contribution in [3.05, 3.63) is 170 Å². The van der Waals surface area contributed by atoms with Gasteiger partial charge in [0.05, 0.1) is 11.0 Å². The van der Waals surface area contributed by atoms with Gasteiger partial charge in [-0.25, -0.2) is 19.9 Å². The van der Waals surface area contributed by atoms with Crippen LogP contribution in [0.4, 0.5) is 0 Å². The van der Waals surface area contributed by atoms with E-state index < -0.39 is 0 Å². The maximum Gasteiger partial charge on any atom is 0.227 e.